The number of piperidine rings is 1. The molecule has 1 aliphatic heterocycles. The molecule has 2 N–H and O–H groups in total. The Labute approximate surface area is 137 Å². The number of hydrogen-bond donors (Lipinski definition) is 2. The van der Waals surface area contributed by atoms with Crippen LogP contribution in [0.3, 0.4) is 0 Å². The Bertz CT molecular complexity index is 659. The number of H-pyrrole nitrogens is 1. The summed E-state index contributed by atoms with van der Waals surface area (Å²) in [6, 6.07) is 9.50. The van der Waals surface area contributed by atoms with Crippen LogP contribution in [-0.2, 0) is 0 Å². The quantitative estimate of drug-likeness (QED) is 0.898. The van der Waals surface area contributed by atoms with Crippen LogP contribution in [0.15, 0.2) is 30.3 Å². The van der Waals surface area contributed by atoms with Gasteiger partial charge in [-0.1, -0.05) is 30.3 Å². The second kappa shape index (κ2) is 6.90. The van der Waals surface area contributed by atoms with Crippen LogP contribution in [-0.4, -0.2) is 57.1 Å². The van der Waals surface area contributed by atoms with E-state index in [0.717, 1.165) is 18.4 Å². The highest BCUT2D eigenvalue weighted by molar-refractivity contribution is 5.53. The first-order valence-corrected chi connectivity index (χ1v) is 7.88. The third kappa shape index (κ3) is 3.93. The maximum absolute atomic E-state index is 12.5. The molecular formula is C16H19F3N4O. The van der Waals surface area contributed by atoms with E-state index < -0.39 is 18.8 Å². The van der Waals surface area contributed by atoms with E-state index in [9.17, 15) is 18.3 Å². The third-order valence-electron chi connectivity index (χ3n) is 4.24. The van der Waals surface area contributed by atoms with E-state index in [-0.39, 0.29) is 5.92 Å². The van der Waals surface area contributed by atoms with E-state index >= 15 is 0 Å². The minimum absolute atomic E-state index is 0.0101. The fraction of sp³-hybridized carbons (Fsp3) is 0.500. The molecule has 5 nitrogen and oxygen atoms in total. The number of aliphatic hydroxyl groups excluding tert-OH is 1. The van der Waals surface area contributed by atoms with Gasteiger partial charge in [-0.25, -0.2) is 4.98 Å². The molecule has 0 bridgehead atoms. The maximum atomic E-state index is 12.5. The van der Waals surface area contributed by atoms with E-state index in [0.29, 0.717) is 24.7 Å². The topological polar surface area (TPSA) is 65.0 Å². The van der Waals surface area contributed by atoms with E-state index in [1.807, 2.05) is 30.3 Å². The van der Waals surface area contributed by atoms with E-state index in [4.69, 9.17) is 0 Å². The van der Waals surface area contributed by atoms with Gasteiger partial charge in [0.15, 0.2) is 11.9 Å². The van der Waals surface area contributed by atoms with Gasteiger partial charge in [0.05, 0.1) is 0 Å². The lowest BCUT2D eigenvalue weighted by Gasteiger charge is -2.33. The van der Waals surface area contributed by atoms with Gasteiger partial charge in [0.25, 0.3) is 0 Å². The zero-order valence-electron chi connectivity index (χ0n) is 13.0. The Morgan fingerprint density at radius 3 is 2.75 bits per heavy atom. The monoisotopic (exact) mass is 340 g/mol. The van der Waals surface area contributed by atoms with Gasteiger partial charge in [-0.2, -0.15) is 18.3 Å². The summed E-state index contributed by atoms with van der Waals surface area (Å²) in [5.74, 6) is 1.25. The lowest BCUT2D eigenvalue weighted by atomic mass is 9.97. The van der Waals surface area contributed by atoms with Gasteiger partial charge in [0.1, 0.15) is 5.82 Å². The van der Waals surface area contributed by atoms with Crippen molar-refractivity contribution in [2.45, 2.75) is 31.0 Å². The molecule has 1 aromatic heterocycles. The predicted molar refractivity (Wildman–Crippen MR) is 82.3 cm³/mol. The summed E-state index contributed by atoms with van der Waals surface area (Å²) in [4.78, 5) is 6.12. The molecular weight excluding hydrogens is 321 g/mol. The van der Waals surface area contributed by atoms with Crippen LogP contribution in [0.2, 0.25) is 0 Å². The largest absolute Gasteiger partial charge is 0.415 e. The van der Waals surface area contributed by atoms with Crippen molar-refractivity contribution in [1.29, 1.82) is 0 Å². The lowest BCUT2D eigenvalue weighted by Crippen LogP contribution is -2.44. The Balaban J connectivity index is 1.66. The highest BCUT2D eigenvalue weighted by Crippen LogP contribution is 2.28. The molecule has 0 aliphatic carbocycles. The van der Waals surface area contributed by atoms with Crippen molar-refractivity contribution in [2.24, 2.45) is 0 Å². The Hall–Kier alpha value is -1.93. The first-order chi connectivity index (χ1) is 11.4. The number of benzene rings is 1. The molecule has 3 rings (SSSR count). The summed E-state index contributed by atoms with van der Waals surface area (Å²) in [5.41, 5.74) is 0.889. The van der Waals surface area contributed by atoms with Crippen molar-refractivity contribution in [3.63, 3.8) is 0 Å². The molecule has 2 heterocycles. The van der Waals surface area contributed by atoms with Crippen LogP contribution in [0.25, 0.3) is 11.4 Å². The molecule has 1 aromatic carbocycles. The Morgan fingerprint density at radius 1 is 1.29 bits per heavy atom. The molecule has 2 aromatic rings. The van der Waals surface area contributed by atoms with Crippen molar-refractivity contribution in [1.82, 2.24) is 20.1 Å². The number of aromatic amines is 1. The number of likely N-dealkylation sites (tertiary alicyclic amines) is 1. The van der Waals surface area contributed by atoms with Gasteiger partial charge in [-0.05, 0) is 19.4 Å². The molecule has 8 heteroatoms. The molecule has 0 radical (unpaired) electrons. The van der Waals surface area contributed by atoms with Crippen molar-refractivity contribution >= 4 is 0 Å². The number of alkyl halides is 3. The van der Waals surface area contributed by atoms with Crippen LogP contribution in [0.4, 0.5) is 13.2 Å². The molecule has 0 unspecified atom stereocenters. The molecule has 0 amide bonds. The molecule has 1 fully saturated rings. The molecule has 1 saturated heterocycles. The molecule has 1 aliphatic rings. The second-order valence-corrected chi connectivity index (χ2v) is 6.07. The van der Waals surface area contributed by atoms with Crippen LogP contribution in [0.1, 0.15) is 24.6 Å². The summed E-state index contributed by atoms with van der Waals surface area (Å²) < 4.78 is 37.5. The number of hydrogen-bond acceptors (Lipinski definition) is 4. The van der Waals surface area contributed by atoms with Crippen LogP contribution in [0, 0.1) is 0 Å². The fourth-order valence-corrected chi connectivity index (χ4v) is 2.97. The van der Waals surface area contributed by atoms with Gasteiger partial charge in [-0.15, -0.1) is 0 Å². The molecule has 2 atom stereocenters. The summed E-state index contributed by atoms with van der Waals surface area (Å²) in [6.07, 6.45) is -5.30. The number of nitrogens with one attached hydrogen (secondary N) is 1. The number of aliphatic hydroxyl groups is 1. The zero-order chi connectivity index (χ0) is 17.2. The predicted octanol–water partition coefficient (Wildman–Crippen LogP) is 2.57. The van der Waals surface area contributed by atoms with Crippen LogP contribution in [0.5, 0.6) is 0 Å². The normalized spacial score (nSPS) is 20.9. The molecule has 0 spiro atoms. The van der Waals surface area contributed by atoms with Crippen LogP contribution < -0.4 is 0 Å². The third-order valence-corrected chi connectivity index (χ3v) is 4.24. The van der Waals surface area contributed by atoms with Crippen molar-refractivity contribution in [3.8, 4) is 11.4 Å². The SMILES string of the molecule is O[C@@H](CN1CCC[C@H](c2nc(-c3ccccc3)n[nH]2)C1)C(F)(F)F. The average Bonchev–Trinajstić information content (AvgIpc) is 3.05. The number of nitrogens with zero attached hydrogens (tertiary/aromatic N) is 3. The Morgan fingerprint density at radius 2 is 2.04 bits per heavy atom. The average molecular weight is 340 g/mol. The number of β-amino-alcohol motifs (C(OH)–C–C–N with tert-alkyl or cyclic N) is 1. The van der Waals surface area contributed by atoms with Gasteiger partial charge >= 0.3 is 6.18 Å². The summed E-state index contributed by atoms with van der Waals surface area (Å²) in [5, 5.41) is 16.4. The number of aromatic nitrogens is 3. The van der Waals surface area contributed by atoms with Crippen molar-refractivity contribution < 1.29 is 18.3 Å². The fourth-order valence-electron chi connectivity index (χ4n) is 2.97. The number of halogens is 3. The second-order valence-electron chi connectivity index (χ2n) is 6.07. The highest BCUT2D eigenvalue weighted by Gasteiger charge is 2.40. The minimum Gasteiger partial charge on any atom is -0.382 e. The standard InChI is InChI=1S/C16H19F3N4O/c17-16(18,19)13(24)10-23-8-4-7-12(9-23)15-20-14(21-22-15)11-5-2-1-3-6-11/h1-3,5-6,12-13,24H,4,7-10H2,(H,20,21,22)/t12-,13-/m0/s1. The van der Waals surface area contributed by atoms with E-state index in [1.165, 1.54) is 0 Å². The van der Waals surface area contributed by atoms with Gasteiger partial charge in [0, 0.05) is 24.6 Å². The van der Waals surface area contributed by atoms with Gasteiger partial charge in [0.2, 0.25) is 0 Å². The molecule has 24 heavy (non-hydrogen) atoms. The number of rotatable bonds is 4. The summed E-state index contributed by atoms with van der Waals surface area (Å²) in [6.45, 7) is 0.569. The Kier molecular flexibility index (Phi) is 4.86. The van der Waals surface area contributed by atoms with Gasteiger partial charge < -0.3 is 5.11 Å². The zero-order valence-corrected chi connectivity index (χ0v) is 13.0. The lowest BCUT2D eigenvalue weighted by molar-refractivity contribution is -0.208. The first kappa shape index (κ1) is 16.9. The molecule has 130 valence electrons. The maximum Gasteiger partial charge on any atom is 0.415 e. The molecule has 0 saturated carbocycles. The minimum atomic E-state index is -4.58. The van der Waals surface area contributed by atoms with Crippen LogP contribution >= 0.6 is 0 Å². The van der Waals surface area contributed by atoms with Gasteiger partial charge in [-0.3, -0.25) is 10.00 Å². The summed E-state index contributed by atoms with van der Waals surface area (Å²) >= 11 is 0. The van der Waals surface area contributed by atoms with Crippen molar-refractivity contribution in [2.75, 3.05) is 19.6 Å². The van der Waals surface area contributed by atoms with E-state index in [2.05, 4.69) is 15.2 Å². The summed E-state index contributed by atoms with van der Waals surface area (Å²) in [7, 11) is 0. The first-order valence-electron chi connectivity index (χ1n) is 7.88. The van der Waals surface area contributed by atoms with E-state index in [1.54, 1.807) is 4.90 Å². The smallest absolute Gasteiger partial charge is 0.382 e. The highest BCUT2D eigenvalue weighted by atomic mass is 19.4. The van der Waals surface area contributed by atoms with Crippen molar-refractivity contribution in [3.05, 3.63) is 36.2 Å².